The van der Waals surface area contributed by atoms with Crippen molar-refractivity contribution in [3.8, 4) is 0 Å². The number of ether oxygens (including phenoxy) is 2. The minimum absolute atomic E-state index is 0.0429. The predicted molar refractivity (Wildman–Crippen MR) is 424 cm³/mol. The quantitative estimate of drug-likeness (QED) is 0.0195. The molecule has 0 spiro atoms. The Morgan fingerprint density at radius 1 is 0.327 bits per heavy atom. The van der Waals surface area contributed by atoms with Gasteiger partial charge in [-0.05, 0) is 96.3 Å². The van der Waals surface area contributed by atoms with Crippen molar-refractivity contribution in [1.29, 1.82) is 0 Å². The Morgan fingerprint density at radius 3 is 0.867 bits per heavy atom. The van der Waals surface area contributed by atoms with E-state index in [0.717, 1.165) is 109 Å². The van der Waals surface area contributed by atoms with Gasteiger partial charge in [0.1, 0.15) is 19.8 Å². The van der Waals surface area contributed by atoms with E-state index in [1.807, 2.05) is 21.1 Å². The van der Waals surface area contributed by atoms with Crippen molar-refractivity contribution in [3.05, 3.63) is 134 Å². The van der Waals surface area contributed by atoms with E-state index >= 15 is 0 Å². The zero-order valence-electron chi connectivity index (χ0n) is 64.5. The van der Waals surface area contributed by atoms with Crippen LogP contribution < -0.4 is 4.89 Å². The van der Waals surface area contributed by atoms with E-state index in [9.17, 15) is 19.0 Å². The van der Waals surface area contributed by atoms with Gasteiger partial charge in [-0.3, -0.25) is 14.2 Å². The summed E-state index contributed by atoms with van der Waals surface area (Å²) >= 11 is 0. The number of unbranched alkanes of at least 4 members (excludes halogenated alkanes) is 39. The molecule has 0 radical (unpaired) electrons. The number of likely N-dealkylation sites (N-methyl/N-ethyl adjacent to an activating group) is 1. The van der Waals surface area contributed by atoms with Crippen LogP contribution in [0.2, 0.25) is 0 Å². The van der Waals surface area contributed by atoms with Crippen molar-refractivity contribution in [3.63, 3.8) is 0 Å². The molecule has 0 bridgehead atoms. The van der Waals surface area contributed by atoms with Crippen molar-refractivity contribution in [2.24, 2.45) is 0 Å². The predicted octanol–water partition coefficient (Wildman–Crippen LogP) is 26.9. The molecular formula is C88H154NO8P. The van der Waals surface area contributed by atoms with Crippen LogP contribution in [0.25, 0.3) is 0 Å². The molecule has 98 heavy (non-hydrogen) atoms. The number of hydrogen-bond donors (Lipinski definition) is 0. The van der Waals surface area contributed by atoms with Gasteiger partial charge in [0.2, 0.25) is 0 Å². The number of esters is 2. The Balaban J connectivity index is 4.04. The topological polar surface area (TPSA) is 111 Å². The standard InChI is InChI=1S/C88H154NO8P/c1-6-8-10-12-14-16-18-20-22-24-26-28-30-32-34-36-38-40-42-44-46-48-50-52-54-56-58-60-62-64-66-68-70-72-74-76-78-80-87(90)94-84-86(85-96-98(92,93)95-83-82-89(3,4)5)97-88(91)81-79-77-75-73-71-69-67-65-63-61-59-57-55-53-51-49-47-45-43-41-39-37-35-33-31-29-27-25-23-21-19-17-15-13-11-9-7-2/h9,11,15,17,21,23,27,29,33,35,39,41,45,47,51,53,57,59,63,65,69,71,86H,6-8,10,12-14,16,18-20,22,24-26,28,30-32,34,36-38,40,42-44,46,48-50,52,54-56,58,60-62,64,66-68,70,72-85H2,1-5H3/b11-9-,17-15-,23-21-,29-27-,35-33-,41-39-,47-45-,53-51-,59-57-,65-63-,71-69-. The second kappa shape index (κ2) is 77.3. The highest BCUT2D eigenvalue weighted by Crippen LogP contribution is 2.38. The van der Waals surface area contributed by atoms with E-state index in [1.165, 1.54) is 218 Å². The summed E-state index contributed by atoms with van der Waals surface area (Å²) in [5, 5.41) is 0. The summed E-state index contributed by atoms with van der Waals surface area (Å²) in [7, 11) is 1.14. The van der Waals surface area contributed by atoms with E-state index in [0.29, 0.717) is 17.4 Å². The maximum atomic E-state index is 12.9. The zero-order valence-corrected chi connectivity index (χ0v) is 65.3. The first-order chi connectivity index (χ1) is 48.0. The average molecular weight is 1390 g/mol. The first-order valence-corrected chi connectivity index (χ1v) is 42.4. The average Bonchev–Trinajstić information content (AvgIpc) is 1.08. The summed E-state index contributed by atoms with van der Waals surface area (Å²) in [6.07, 6.45) is 113. The maximum Gasteiger partial charge on any atom is 0.306 e. The molecule has 10 heteroatoms. The summed E-state index contributed by atoms with van der Waals surface area (Å²) in [4.78, 5) is 38.2. The fraction of sp³-hybridized carbons (Fsp3) is 0.727. The van der Waals surface area contributed by atoms with Gasteiger partial charge >= 0.3 is 11.9 Å². The molecule has 0 aromatic heterocycles. The Hall–Kier alpha value is -3.85. The third-order valence-corrected chi connectivity index (χ3v) is 18.6. The van der Waals surface area contributed by atoms with Gasteiger partial charge in [0.15, 0.2) is 6.10 Å². The fourth-order valence-electron chi connectivity index (χ4n) is 11.5. The summed E-state index contributed by atoms with van der Waals surface area (Å²) in [5.74, 6) is -0.867. The molecule has 0 aliphatic carbocycles. The van der Waals surface area contributed by atoms with Crippen molar-refractivity contribution in [1.82, 2.24) is 0 Å². The van der Waals surface area contributed by atoms with Crippen LogP contribution in [-0.4, -0.2) is 70.0 Å². The Labute approximate surface area is 606 Å². The molecule has 2 atom stereocenters. The van der Waals surface area contributed by atoms with Crippen molar-refractivity contribution >= 4 is 19.8 Å². The molecule has 2 unspecified atom stereocenters. The molecular weight excluding hydrogens is 1230 g/mol. The molecule has 0 aromatic carbocycles. The second-order valence-corrected chi connectivity index (χ2v) is 29.8. The molecule has 0 rings (SSSR count). The summed E-state index contributed by atoms with van der Waals surface area (Å²) in [5.41, 5.74) is 0. The molecule has 0 aliphatic rings. The highest BCUT2D eigenvalue weighted by molar-refractivity contribution is 7.45. The van der Waals surface area contributed by atoms with Crippen LogP contribution in [0, 0.1) is 0 Å². The summed E-state index contributed by atoms with van der Waals surface area (Å²) in [6.45, 7) is 4.12. The number of quaternary nitrogens is 1. The van der Waals surface area contributed by atoms with Crippen LogP contribution in [0.5, 0.6) is 0 Å². The minimum Gasteiger partial charge on any atom is -0.756 e. The molecule has 9 nitrogen and oxygen atoms in total. The van der Waals surface area contributed by atoms with Crippen molar-refractivity contribution in [2.75, 3.05) is 47.5 Å². The van der Waals surface area contributed by atoms with Gasteiger partial charge in [-0.15, -0.1) is 0 Å². The van der Waals surface area contributed by atoms with Crippen LogP contribution in [0.1, 0.15) is 361 Å². The van der Waals surface area contributed by atoms with Gasteiger partial charge in [-0.1, -0.05) is 385 Å². The van der Waals surface area contributed by atoms with Gasteiger partial charge in [0, 0.05) is 12.8 Å². The largest absolute Gasteiger partial charge is 0.756 e. The highest BCUT2D eigenvalue weighted by atomic mass is 31.2. The van der Waals surface area contributed by atoms with Gasteiger partial charge in [-0.2, -0.15) is 0 Å². The normalized spacial score (nSPS) is 13.7. The first kappa shape index (κ1) is 94.2. The van der Waals surface area contributed by atoms with Crippen molar-refractivity contribution in [2.45, 2.75) is 367 Å². The van der Waals surface area contributed by atoms with Crippen molar-refractivity contribution < 1.29 is 42.1 Å². The Morgan fingerprint density at radius 2 is 0.582 bits per heavy atom. The molecule has 564 valence electrons. The van der Waals surface area contributed by atoms with E-state index < -0.39 is 26.5 Å². The summed E-state index contributed by atoms with van der Waals surface area (Å²) in [6, 6.07) is 0. The number of phosphoric acid groups is 1. The number of rotatable bonds is 75. The van der Waals surface area contributed by atoms with E-state index in [1.54, 1.807) is 0 Å². The van der Waals surface area contributed by atoms with Crippen LogP contribution >= 0.6 is 7.82 Å². The molecule has 0 aliphatic heterocycles. The molecule has 0 aromatic rings. The number of nitrogens with zero attached hydrogens (tertiary/aromatic N) is 1. The lowest BCUT2D eigenvalue weighted by Gasteiger charge is -2.28. The van der Waals surface area contributed by atoms with Crippen LogP contribution in [0.15, 0.2) is 134 Å². The molecule has 0 fully saturated rings. The van der Waals surface area contributed by atoms with E-state index in [4.69, 9.17) is 18.5 Å². The molecule has 0 amide bonds. The third-order valence-electron chi connectivity index (χ3n) is 17.7. The van der Waals surface area contributed by atoms with Crippen LogP contribution in [0.4, 0.5) is 0 Å². The third kappa shape index (κ3) is 81.1. The number of allylic oxidation sites excluding steroid dienone is 22. The maximum absolute atomic E-state index is 12.9. The lowest BCUT2D eigenvalue weighted by atomic mass is 10.0. The smallest absolute Gasteiger partial charge is 0.306 e. The number of hydrogen-bond acceptors (Lipinski definition) is 8. The molecule has 0 N–H and O–H groups in total. The van der Waals surface area contributed by atoms with Gasteiger partial charge in [-0.25, -0.2) is 0 Å². The lowest BCUT2D eigenvalue weighted by molar-refractivity contribution is -0.870. The fourth-order valence-corrected chi connectivity index (χ4v) is 12.2. The minimum atomic E-state index is -4.66. The first-order valence-electron chi connectivity index (χ1n) is 40.9. The zero-order chi connectivity index (χ0) is 71.1. The van der Waals surface area contributed by atoms with Gasteiger partial charge in [0.05, 0.1) is 27.7 Å². The van der Waals surface area contributed by atoms with Crippen LogP contribution in [-0.2, 0) is 32.7 Å². The molecule has 0 saturated heterocycles. The second-order valence-electron chi connectivity index (χ2n) is 28.4. The van der Waals surface area contributed by atoms with Gasteiger partial charge in [0.25, 0.3) is 7.82 Å². The Kier molecular flexibility index (Phi) is 74.3. The molecule has 0 saturated carbocycles. The number of carbonyl (C=O) groups excluding carboxylic acids is 2. The molecule has 0 heterocycles. The van der Waals surface area contributed by atoms with Gasteiger partial charge < -0.3 is 27.9 Å². The highest BCUT2D eigenvalue weighted by Gasteiger charge is 2.22. The lowest BCUT2D eigenvalue weighted by Crippen LogP contribution is -2.37. The SMILES string of the molecule is CC/C=C\C/C=C\C/C=C\C/C=C\C/C=C\C/C=C\C/C=C\C/C=C\C/C=C\C/C=C\C/C=C\CCCCCC(=O)OC(COC(=O)CCCCCCCCCCCCCCCCCCCCCCCCCCCCCCCCCCCCCCC)COP(=O)([O-])OCC[N+](C)(C)C. The Bertz CT molecular complexity index is 2120. The van der Waals surface area contributed by atoms with E-state index in [-0.39, 0.29) is 32.0 Å². The monoisotopic (exact) mass is 1380 g/mol. The number of phosphoric ester groups is 1. The van der Waals surface area contributed by atoms with E-state index in [2.05, 4.69) is 148 Å². The van der Waals surface area contributed by atoms with Crippen LogP contribution in [0.3, 0.4) is 0 Å². The summed E-state index contributed by atoms with van der Waals surface area (Å²) < 4.78 is 34.4. The number of carbonyl (C=O) groups is 2.